The van der Waals surface area contributed by atoms with E-state index in [0.29, 0.717) is 10.0 Å². The van der Waals surface area contributed by atoms with Crippen molar-refractivity contribution < 1.29 is 13.2 Å². The van der Waals surface area contributed by atoms with Gasteiger partial charge in [-0.3, -0.25) is 0 Å². The van der Waals surface area contributed by atoms with Gasteiger partial charge in [-0.15, -0.1) is 0 Å². The van der Waals surface area contributed by atoms with Gasteiger partial charge in [0.1, 0.15) is 17.3 Å². The molecule has 0 amide bonds. The second kappa shape index (κ2) is 6.69. The fraction of sp³-hybridized carbons (Fsp3) is 0.143. The first-order chi connectivity index (χ1) is 9.77. The van der Waals surface area contributed by atoms with Crippen molar-refractivity contribution >= 4 is 51.6 Å². The minimum absolute atomic E-state index is 0.0361. The third-order valence-electron chi connectivity index (χ3n) is 2.74. The van der Waals surface area contributed by atoms with E-state index in [9.17, 15) is 8.42 Å². The summed E-state index contributed by atoms with van der Waals surface area (Å²) in [6.07, 6.45) is 0. The maximum Gasteiger partial charge on any atom is 0.265 e. The minimum atomic E-state index is -3.88. The summed E-state index contributed by atoms with van der Waals surface area (Å²) in [5.74, 6) is 0.271. The van der Waals surface area contributed by atoms with Gasteiger partial charge >= 0.3 is 0 Å². The molecule has 0 spiro atoms. The molecule has 0 aliphatic heterocycles. The van der Waals surface area contributed by atoms with E-state index in [1.807, 2.05) is 24.3 Å². The van der Waals surface area contributed by atoms with Crippen molar-refractivity contribution in [1.29, 1.82) is 0 Å². The van der Waals surface area contributed by atoms with Crippen LogP contribution in [-0.2, 0) is 15.7 Å². The van der Waals surface area contributed by atoms with Crippen molar-refractivity contribution in [2.24, 2.45) is 0 Å². The highest BCUT2D eigenvalue weighted by Gasteiger charge is 2.20. The molecule has 2 rings (SSSR count). The molecule has 3 nitrogen and oxygen atoms in total. The Balaban J connectivity index is 2.36. The summed E-state index contributed by atoms with van der Waals surface area (Å²) in [6.45, 7) is 2.02. The van der Waals surface area contributed by atoms with Crippen LogP contribution in [-0.4, -0.2) is 8.42 Å². The molecule has 7 heteroatoms. The van der Waals surface area contributed by atoms with Gasteiger partial charge in [0.15, 0.2) is 0 Å². The van der Waals surface area contributed by atoms with Crippen LogP contribution >= 0.6 is 42.5 Å². The Morgan fingerprint density at radius 1 is 1.14 bits per heavy atom. The lowest BCUT2D eigenvalue weighted by molar-refractivity contribution is 0.296. The summed E-state index contributed by atoms with van der Waals surface area (Å²) in [5, 5.41) is 0. The van der Waals surface area contributed by atoms with E-state index >= 15 is 0 Å². The number of aryl methyl sites for hydroxylation is 1. The maximum atomic E-state index is 11.7. The molecular formula is C14H11Br2ClO3S. The molecule has 0 saturated heterocycles. The molecule has 0 unspecified atom stereocenters. The molecule has 0 bridgehead atoms. The van der Waals surface area contributed by atoms with Crippen LogP contribution < -0.4 is 4.74 Å². The number of hydrogen-bond donors (Lipinski definition) is 0. The van der Waals surface area contributed by atoms with Crippen molar-refractivity contribution in [3.63, 3.8) is 0 Å². The summed E-state index contributed by atoms with van der Waals surface area (Å²) in [5.41, 5.74) is 1.61. The lowest BCUT2D eigenvalue weighted by Crippen LogP contribution is -2.03. The molecule has 2 aromatic carbocycles. The first-order valence-corrected chi connectivity index (χ1v) is 9.79. The minimum Gasteiger partial charge on any atom is -0.487 e. The van der Waals surface area contributed by atoms with E-state index in [-0.39, 0.29) is 17.3 Å². The number of halogens is 3. The lowest BCUT2D eigenvalue weighted by atomic mass is 10.2. The molecule has 0 aliphatic rings. The van der Waals surface area contributed by atoms with Crippen LogP contribution in [0.5, 0.6) is 5.75 Å². The van der Waals surface area contributed by atoms with Crippen LogP contribution in [0.2, 0.25) is 0 Å². The molecule has 0 aromatic heterocycles. The quantitative estimate of drug-likeness (QED) is 0.609. The Kier molecular flexibility index (Phi) is 5.35. The second-order valence-electron chi connectivity index (χ2n) is 4.41. The fourth-order valence-electron chi connectivity index (χ4n) is 1.85. The average molecular weight is 455 g/mol. The number of ether oxygens (including phenoxy) is 1. The van der Waals surface area contributed by atoms with Crippen LogP contribution in [0.1, 0.15) is 11.1 Å². The third-order valence-corrected chi connectivity index (χ3v) is 5.02. The smallest absolute Gasteiger partial charge is 0.265 e. The van der Waals surface area contributed by atoms with Gasteiger partial charge in [0.2, 0.25) is 0 Å². The van der Waals surface area contributed by atoms with Gasteiger partial charge < -0.3 is 4.74 Å². The molecule has 2 aromatic rings. The zero-order valence-corrected chi connectivity index (χ0v) is 15.7. The van der Waals surface area contributed by atoms with Gasteiger partial charge in [-0.1, -0.05) is 44.0 Å². The monoisotopic (exact) mass is 452 g/mol. The Labute approximate surface area is 144 Å². The lowest BCUT2D eigenvalue weighted by Gasteiger charge is -2.13. The average Bonchev–Trinajstić information content (AvgIpc) is 2.36. The summed E-state index contributed by atoms with van der Waals surface area (Å²) in [4.78, 5) is -0.0361. The molecule has 112 valence electrons. The first kappa shape index (κ1) is 16.8. The fourth-order valence-corrected chi connectivity index (χ4v) is 4.07. The highest BCUT2D eigenvalue weighted by Crippen LogP contribution is 2.34. The van der Waals surface area contributed by atoms with Gasteiger partial charge in [0.25, 0.3) is 9.05 Å². The predicted molar refractivity (Wildman–Crippen MR) is 90.4 cm³/mol. The Hall–Kier alpha value is -0.560. The standard InChI is InChI=1S/C14H11Br2ClO3S/c1-9-5-12(16)7-13(21(17,18)19)14(9)20-8-10-3-2-4-11(15)6-10/h2-7H,8H2,1H3. The molecule has 0 heterocycles. The van der Waals surface area contributed by atoms with Crippen LogP contribution in [0.15, 0.2) is 50.2 Å². The van der Waals surface area contributed by atoms with Crippen molar-refractivity contribution in [3.8, 4) is 5.75 Å². The summed E-state index contributed by atoms with van der Waals surface area (Å²) in [7, 11) is 1.60. The molecule has 0 atom stereocenters. The highest BCUT2D eigenvalue weighted by atomic mass is 79.9. The Bertz CT molecular complexity index is 776. The van der Waals surface area contributed by atoms with Gasteiger partial charge in [0, 0.05) is 19.6 Å². The third kappa shape index (κ3) is 4.45. The van der Waals surface area contributed by atoms with Crippen molar-refractivity contribution in [3.05, 3.63) is 56.5 Å². The van der Waals surface area contributed by atoms with E-state index in [0.717, 1.165) is 10.0 Å². The van der Waals surface area contributed by atoms with E-state index in [2.05, 4.69) is 31.9 Å². The van der Waals surface area contributed by atoms with E-state index in [4.69, 9.17) is 15.4 Å². The molecule has 0 saturated carbocycles. The topological polar surface area (TPSA) is 43.4 Å². The largest absolute Gasteiger partial charge is 0.487 e. The van der Waals surface area contributed by atoms with Crippen molar-refractivity contribution in [2.75, 3.05) is 0 Å². The zero-order chi connectivity index (χ0) is 15.6. The number of rotatable bonds is 4. The molecule has 21 heavy (non-hydrogen) atoms. The van der Waals surface area contributed by atoms with Gasteiger partial charge in [0.05, 0.1) is 0 Å². The molecule has 0 fully saturated rings. The zero-order valence-electron chi connectivity index (χ0n) is 10.9. The molecule has 0 aliphatic carbocycles. The molecule has 0 N–H and O–H groups in total. The predicted octanol–water partition coefficient (Wildman–Crippen LogP) is 5.03. The SMILES string of the molecule is Cc1cc(Br)cc(S(=O)(=O)Cl)c1OCc1cccc(Br)c1. The van der Waals surface area contributed by atoms with Gasteiger partial charge in [-0.2, -0.15) is 0 Å². The van der Waals surface area contributed by atoms with Crippen molar-refractivity contribution in [1.82, 2.24) is 0 Å². The number of hydrogen-bond acceptors (Lipinski definition) is 3. The Morgan fingerprint density at radius 2 is 1.86 bits per heavy atom. The Morgan fingerprint density at radius 3 is 2.48 bits per heavy atom. The molecular weight excluding hydrogens is 443 g/mol. The second-order valence-corrected chi connectivity index (χ2v) is 8.77. The first-order valence-electron chi connectivity index (χ1n) is 5.89. The van der Waals surface area contributed by atoms with Gasteiger partial charge in [-0.25, -0.2) is 8.42 Å². The van der Waals surface area contributed by atoms with Crippen LogP contribution in [0, 0.1) is 6.92 Å². The summed E-state index contributed by atoms with van der Waals surface area (Å²) >= 11 is 6.64. The molecule has 0 radical (unpaired) electrons. The van der Waals surface area contributed by atoms with E-state index in [1.54, 1.807) is 13.0 Å². The summed E-state index contributed by atoms with van der Waals surface area (Å²) < 4.78 is 30.6. The van der Waals surface area contributed by atoms with Crippen LogP contribution in [0.25, 0.3) is 0 Å². The van der Waals surface area contributed by atoms with E-state index in [1.165, 1.54) is 6.07 Å². The maximum absolute atomic E-state index is 11.7. The normalized spacial score (nSPS) is 11.4. The highest BCUT2D eigenvalue weighted by molar-refractivity contribution is 9.10. The van der Waals surface area contributed by atoms with Crippen LogP contribution in [0.3, 0.4) is 0 Å². The number of benzene rings is 2. The van der Waals surface area contributed by atoms with Crippen molar-refractivity contribution in [2.45, 2.75) is 18.4 Å². The summed E-state index contributed by atoms with van der Waals surface area (Å²) in [6, 6.07) is 10.8. The van der Waals surface area contributed by atoms with Gasteiger partial charge in [-0.05, 0) is 42.3 Å². The van der Waals surface area contributed by atoms with E-state index < -0.39 is 9.05 Å². The van der Waals surface area contributed by atoms with Crippen LogP contribution in [0.4, 0.5) is 0 Å².